The van der Waals surface area contributed by atoms with E-state index in [2.05, 4.69) is 10.0 Å². The lowest BCUT2D eigenvalue weighted by Gasteiger charge is -2.35. The first-order valence-electron chi connectivity index (χ1n) is 7.56. The van der Waals surface area contributed by atoms with Crippen LogP contribution in [0.25, 0.3) is 0 Å². The average Bonchev–Trinajstić information content (AvgIpc) is 2.93. The van der Waals surface area contributed by atoms with E-state index in [-0.39, 0.29) is 18.0 Å². The Morgan fingerprint density at radius 3 is 2.80 bits per heavy atom. The van der Waals surface area contributed by atoms with Crippen molar-refractivity contribution in [2.45, 2.75) is 44.7 Å². The van der Waals surface area contributed by atoms with Gasteiger partial charge in [0, 0.05) is 37.7 Å². The maximum Gasteiger partial charge on any atom is 0.279 e. The van der Waals surface area contributed by atoms with Crippen molar-refractivity contribution in [1.82, 2.24) is 14.3 Å². The van der Waals surface area contributed by atoms with Crippen LogP contribution in [0.1, 0.15) is 32.6 Å². The summed E-state index contributed by atoms with van der Waals surface area (Å²) in [7, 11) is -1.54. The van der Waals surface area contributed by atoms with E-state index in [1.54, 1.807) is 4.31 Å². The number of nitrogens with zero attached hydrogens (tertiary/aromatic N) is 1. The first kappa shape index (κ1) is 16.2. The van der Waals surface area contributed by atoms with E-state index in [1.165, 1.54) is 0 Å². The Kier molecular flexibility index (Phi) is 5.80. The zero-order valence-corrected chi connectivity index (χ0v) is 13.3. The molecule has 2 saturated heterocycles. The van der Waals surface area contributed by atoms with Gasteiger partial charge in [-0.05, 0) is 33.2 Å². The molecule has 20 heavy (non-hydrogen) atoms. The molecule has 2 fully saturated rings. The fraction of sp³-hybridized carbons (Fsp3) is 1.00. The van der Waals surface area contributed by atoms with Gasteiger partial charge in [-0.3, -0.25) is 0 Å². The topological polar surface area (TPSA) is 70.7 Å². The van der Waals surface area contributed by atoms with Gasteiger partial charge in [-0.15, -0.1) is 0 Å². The molecular weight excluding hydrogens is 278 g/mol. The van der Waals surface area contributed by atoms with Crippen molar-refractivity contribution in [2.24, 2.45) is 5.92 Å². The SMILES string of the molecule is CNCC1CCCCN1S(=O)(=O)NC(C)C1CCOC1. The first-order chi connectivity index (χ1) is 9.54. The highest BCUT2D eigenvalue weighted by Gasteiger charge is 2.34. The Hall–Kier alpha value is -0.210. The van der Waals surface area contributed by atoms with Gasteiger partial charge in [-0.2, -0.15) is 17.4 Å². The third-order valence-electron chi connectivity index (χ3n) is 4.33. The Morgan fingerprint density at radius 1 is 1.35 bits per heavy atom. The van der Waals surface area contributed by atoms with Crippen molar-refractivity contribution < 1.29 is 13.2 Å². The lowest BCUT2D eigenvalue weighted by Crippen LogP contribution is -2.54. The highest BCUT2D eigenvalue weighted by atomic mass is 32.2. The van der Waals surface area contributed by atoms with Crippen molar-refractivity contribution >= 4 is 10.2 Å². The van der Waals surface area contributed by atoms with Crippen LogP contribution in [0.2, 0.25) is 0 Å². The fourth-order valence-corrected chi connectivity index (χ4v) is 4.82. The molecule has 2 rings (SSSR count). The largest absolute Gasteiger partial charge is 0.381 e. The molecule has 0 spiro atoms. The van der Waals surface area contributed by atoms with Crippen LogP contribution in [0.15, 0.2) is 0 Å². The molecule has 0 saturated carbocycles. The predicted molar refractivity (Wildman–Crippen MR) is 78.7 cm³/mol. The van der Waals surface area contributed by atoms with Crippen LogP contribution >= 0.6 is 0 Å². The van der Waals surface area contributed by atoms with Crippen LogP contribution in [0, 0.1) is 5.92 Å². The third-order valence-corrected chi connectivity index (χ3v) is 6.10. The van der Waals surface area contributed by atoms with Crippen LogP contribution in [-0.4, -0.2) is 58.2 Å². The number of ether oxygens (including phenoxy) is 1. The van der Waals surface area contributed by atoms with E-state index in [0.29, 0.717) is 19.7 Å². The van der Waals surface area contributed by atoms with E-state index in [1.807, 2.05) is 14.0 Å². The molecule has 0 radical (unpaired) electrons. The predicted octanol–water partition coefficient (Wildman–Crippen LogP) is 0.320. The number of nitrogens with one attached hydrogen (secondary N) is 2. The number of piperidine rings is 1. The second-order valence-corrected chi connectivity index (χ2v) is 7.51. The summed E-state index contributed by atoms with van der Waals surface area (Å²) in [6.45, 7) is 4.66. The number of likely N-dealkylation sites (N-methyl/N-ethyl adjacent to an activating group) is 1. The van der Waals surface area contributed by atoms with Crippen molar-refractivity contribution in [1.29, 1.82) is 0 Å². The smallest absolute Gasteiger partial charge is 0.279 e. The maximum atomic E-state index is 12.6. The highest BCUT2D eigenvalue weighted by molar-refractivity contribution is 7.87. The minimum atomic E-state index is -3.40. The summed E-state index contributed by atoms with van der Waals surface area (Å²) in [5.74, 6) is 0.289. The molecule has 0 aromatic heterocycles. The monoisotopic (exact) mass is 305 g/mol. The Balaban J connectivity index is 1.99. The second kappa shape index (κ2) is 7.17. The van der Waals surface area contributed by atoms with Crippen LogP contribution in [0.3, 0.4) is 0 Å². The number of hydrogen-bond donors (Lipinski definition) is 2. The molecule has 2 N–H and O–H groups in total. The zero-order chi connectivity index (χ0) is 14.6. The molecular formula is C13H27N3O3S. The molecule has 0 aromatic rings. The van der Waals surface area contributed by atoms with Crippen LogP contribution in [0.4, 0.5) is 0 Å². The number of rotatable bonds is 6. The van der Waals surface area contributed by atoms with Gasteiger partial charge in [0.05, 0.1) is 6.61 Å². The van der Waals surface area contributed by atoms with Gasteiger partial charge in [0.1, 0.15) is 0 Å². The second-order valence-electron chi connectivity index (χ2n) is 5.85. The molecule has 0 bridgehead atoms. The third kappa shape index (κ3) is 3.92. The first-order valence-corrected chi connectivity index (χ1v) is 9.00. The summed E-state index contributed by atoms with van der Waals surface area (Å²) in [6, 6.07) is -0.00191. The van der Waals surface area contributed by atoms with E-state index in [4.69, 9.17) is 4.74 Å². The quantitative estimate of drug-likeness (QED) is 0.741. The molecule has 7 heteroatoms. The fourth-order valence-electron chi connectivity index (χ4n) is 3.08. The van der Waals surface area contributed by atoms with Gasteiger partial charge in [0.15, 0.2) is 0 Å². The van der Waals surface area contributed by atoms with E-state index in [9.17, 15) is 8.42 Å². The van der Waals surface area contributed by atoms with E-state index in [0.717, 1.165) is 32.3 Å². The maximum absolute atomic E-state index is 12.6. The van der Waals surface area contributed by atoms with Gasteiger partial charge >= 0.3 is 0 Å². The van der Waals surface area contributed by atoms with Gasteiger partial charge < -0.3 is 10.1 Å². The van der Waals surface area contributed by atoms with Crippen molar-refractivity contribution in [3.63, 3.8) is 0 Å². The molecule has 0 aliphatic carbocycles. The summed E-state index contributed by atoms with van der Waals surface area (Å²) >= 11 is 0. The molecule has 2 aliphatic heterocycles. The molecule has 3 unspecified atom stereocenters. The zero-order valence-electron chi connectivity index (χ0n) is 12.5. The summed E-state index contributed by atoms with van der Waals surface area (Å²) in [5, 5.41) is 3.09. The highest BCUT2D eigenvalue weighted by Crippen LogP contribution is 2.22. The van der Waals surface area contributed by atoms with E-state index < -0.39 is 10.2 Å². The van der Waals surface area contributed by atoms with Gasteiger partial charge in [-0.25, -0.2) is 0 Å². The van der Waals surface area contributed by atoms with Gasteiger partial charge in [-0.1, -0.05) is 6.42 Å². The van der Waals surface area contributed by atoms with Crippen molar-refractivity contribution in [3.05, 3.63) is 0 Å². The van der Waals surface area contributed by atoms with Gasteiger partial charge in [0.2, 0.25) is 0 Å². The summed E-state index contributed by atoms with van der Waals surface area (Å²) in [6.07, 6.45) is 3.92. The van der Waals surface area contributed by atoms with Gasteiger partial charge in [0.25, 0.3) is 10.2 Å². The molecule has 6 nitrogen and oxygen atoms in total. The van der Waals surface area contributed by atoms with Crippen molar-refractivity contribution in [3.8, 4) is 0 Å². The Bertz CT molecular complexity index is 394. The minimum Gasteiger partial charge on any atom is -0.381 e. The summed E-state index contributed by atoms with van der Waals surface area (Å²) in [4.78, 5) is 0. The molecule has 2 heterocycles. The summed E-state index contributed by atoms with van der Waals surface area (Å²) < 4.78 is 35.0. The molecule has 3 atom stereocenters. The number of hydrogen-bond acceptors (Lipinski definition) is 4. The van der Waals surface area contributed by atoms with E-state index >= 15 is 0 Å². The van der Waals surface area contributed by atoms with Crippen LogP contribution < -0.4 is 10.0 Å². The average molecular weight is 305 g/mol. The van der Waals surface area contributed by atoms with Crippen LogP contribution in [-0.2, 0) is 14.9 Å². The Labute approximate surface area is 122 Å². The Morgan fingerprint density at radius 2 is 2.15 bits per heavy atom. The molecule has 2 aliphatic rings. The lowest BCUT2D eigenvalue weighted by molar-refractivity contribution is 0.180. The molecule has 0 amide bonds. The van der Waals surface area contributed by atoms with Crippen LogP contribution in [0.5, 0.6) is 0 Å². The standard InChI is InChI=1S/C13H27N3O3S/c1-11(12-6-8-19-10-12)15-20(17,18)16-7-4-3-5-13(16)9-14-2/h11-15H,3-10H2,1-2H3. The summed E-state index contributed by atoms with van der Waals surface area (Å²) in [5.41, 5.74) is 0. The molecule has 118 valence electrons. The lowest BCUT2D eigenvalue weighted by atomic mass is 10.0. The minimum absolute atomic E-state index is 0.0679. The molecule has 0 aromatic carbocycles. The van der Waals surface area contributed by atoms with Crippen molar-refractivity contribution in [2.75, 3.05) is 33.4 Å². The normalized spacial score (nSPS) is 30.5.